The summed E-state index contributed by atoms with van der Waals surface area (Å²) in [6.45, 7) is 12.5. The summed E-state index contributed by atoms with van der Waals surface area (Å²) in [6, 6.07) is 7.25. The van der Waals surface area contributed by atoms with Crippen LogP contribution in [0.1, 0.15) is 50.3 Å². The Kier molecular flexibility index (Phi) is 6.42. The maximum Gasteiger partial charge on any atom is 0.00413 e. The molecule has 0 radical (unpaired) electrons. The van der Waals surface area contributed by atoms with E-state index in [1.807, 2.05) is 0 Å². The Labute approximate surface area is 113 Å². The highest BCUT2D eigenvalue weighted by Gasteiger charge is 2.11. The molecule has 0 saturated heterocycles. The van der Waals surface area contributed by atoms with Gasteiger partial charge in [-0.2, -0.15) is 0 Å². The van der Waals surface area contributed by atoms with Gasteiger partial charge >= 0.3 is 0 Å². The van der Waals surface area contributed by atoms with Gasteiger partial charge in [0.2, 0.25) is 0 Å². The minimum absolute atomic E-state index is 0.629. The molecule has 0 aliphatic heterocycles. The minimum atomic E-state index is 0.629. The molecule has 1 aromatic carbocycles. The topological polar surface area (TPSA) is 12.0 Å². The fourth-order valence-corrected chi connectivity index (χ4v) is 2.68. The van der Waals surface area contributed by atoms with Crippen LogP contribution in [0.25, 0.3) is 0 Å². The largest absolute Gasteiger partial charge is 0.314 e. The van der Waals surface area contributed by atoms with Crippen molar-refractivity contribution in [2.75, 3.05) is 6.54 Å². The minimum Gasteiger partial charge on any atom is -0.314 e. The monoisotopic (exact) mass is 247 g/mol. The molecule has 2 unspecified atom stereocenters. The molecule has 1 heteroatoms. The fourth-order valence-electron chi connectivity index (χ4n) is 2.68. The summed E-state index contributed by atoms with van der Waals surface area (Å²) < 4.78 is 0. The predicted octanol–water partition coefficient (Wildman–Crippen LogP) is 4.26. The van der Waals surface area contributed by atoms with Crippen molar-refractivity contribution in [1.29, 1.82) is 0 Å². The SMILES string of the molecule is CCCNC(C)CC(C)Cc1c(C)cccc1C. The molecule has 0 heterocycles. The Morgan fingerprint density at radius 2 is 1.72 bits per heavy atom. The van der Waals surface area contributed by atoms with E-state index in [9.17, 15) is 0 Å². The first kappa shape index (κ1) is 15.2. The quantitative estimate of drug-likeness (QED) is 0.759. The summed E-state index contributed by atoms with van der Waals surface area (Å²) in [6.07, 6.45) is 3.68. The van der Waals surface area contributed by atoms with E-state index in [0.717, 1.165) is 12.5 Å². The summed E-state index contributed by atoms with van der Waals surface area (Å²) in [5.41, 5.74) is 4.43. The zero-order chi connectivity index (χ0) is 13.5. The van der Waals surface area contributed by atoms with Crippen LogP contribution < -0.4 is 5.32 Å². The van der Waals surface area contributed by atoms with Crippen molar-refractivity contribution in [2.24, 2.45) is 5.92 Å². The third kappa shape index (κ3) is 4.81. The molecule has 1 rings (SSSR count). The van der Waals surface area contributed by atoms with Crippen LogP contribution in [-0.2, 0) is 6.42 Å². The van der Waals surface area contributed by atoms with Crippen LogP contribution in [0.3, 0.4) is 0 Å². The second-order valence-electron chi connectivity index (χ2n) is 5.77. The molecule has 0 fully saturated rings. The Morgan fingerprint density at radius 3 is 2.28 bits per heavy atom. The third-order valence-corrected chi connectivity index (χ3v) is 3.70. The smallest absolute Gasteiger partial charge is 0.00413 e. The summed E-state index contributed by atoms with van der Waals surface area (Å²) in [5, 5.41) is 3.58. The van der Waals surface area contributed by atoms with E-state index >= 15 is 0 Å². The molecule has 1 nitrogen and oxygen atoms in total. The molecule has 1 aromatic rings. The van der Waals surface area contributed by atoms with Gasteiger partial charge in [-0.1, -0.05) is 32.0 Å². The van der Waals surface area contributed by atoms with E-state index in [-0.39, 0.29) is 0 Å². The van der Waals surface area contributed by atoms with Gasteiger partial charge < -0.3 is 5.32 Å². The molecule has 102 valence electrons. The van der Waals surface area contributed by atoms with Gasteiger partial charge in [-0.3, -0.25) is 0 Å². The van der Waals surface area contributed by atoms with Crippen molar-refractivity contribution in [3.63, 3.8) is 0 Å². The Morgan fingerprint density at radius 1 is 1.11 bits per heavy atom. The van der Waals surface area contributed by atoms with Crippen LogP contribution in [-0.4, -0.2) is 12.6 Å². The highest BCUT2D eigenvalue weighted by molar-refractivity contribution is 5.33. The number of aryl methyl sites for hydroxylation is 2. The van der Waals surface area contributed by atoms with E-state index < -0.39 is 0 Å². The molecule has 0 aliphatic carbocycles. The van der Waals surface area contributed by atoms with Crippen LogP contribution in [0.5, 0.6) is 0 Å². The van der Waals surface area contributed by atoms with Gasteiger partial charge in [-0.15, -0.1) is 0 Å². The molecule has 1 N–H and O–H groups in total. The maximum absolute atomic E-state index is 3.58. The fraction of sp³-hybridized carbons (Fsp3) is 0.647. The van der Waals surface area contributed by atoms with Crippen LogP contribution >= 0.6 is 0 Å². The lowest BCUT2D eigenvalue weighted by molar-refractivity contribution is 0.419. The summed E-state index contributed by atoms with van der Waals surface area (Å²) >= 11 is 0. The lowest BCUT2D eigenvalue weighted by atomic mass is 9.90. The lowest BCUT2D eigenvalue weighted by Crippen LogP contribution is -2.28. The van der Waals surface area contributed by atoms with Gasteiger partial charge in [-0.05, 0) is 69.2 Å². The molecule has 0 spiro atoms. The maximum atomic E-state index is 3.58. The highest BCUT2D eigenvalue weighted by atomic mass is 14.9. The van der Waals surface area contributed by atoms with Crippen LogP contribution in [0.4, 0.5) is 0 Å². The second-order valence-corrected chi connectivity index (χ2v) is 5.77. The Hall–Kier alpha value is -0.820. The van der Waals surface area contributed by atoms with E-state index in [1.54, 1.807) is 5.56 Å². The van der Waals surface area contributed by atoms with Crippen LogP contribution in [0, 0.1) is 19.8 Å². The van der Waals surface area contributed by atoms with Crippen LogP contribution in [0.15, 0.2) is 18.2 Å². The first-order valence-corrected chi connectivity index (χ1v) is 7.33. The molecule has 0 bridgehead atoms. The normalized spacial score (nSPS) is 14.5. The summed E-state index contributed by atoms with van der Waals surface area (Å²) in [7, 11) is 0. The zero-order valence-corrected chi connectivity index (χ0v) is 12.7. The standard InChI is InChI=1S/C17H29N/c1-6-10-18-16(5)11-13(2)12-17-14(3)8-7-9-15(17)4/h7-9,13,16,18H,6,10-12H2,1-5H3. The van der Waals surface area contributed by atoms with E-state index in [2.05, 4.69) is 58.1 Å². The highest BCUT2D eigenvalue weighted by Crippen LogP contribution is 2.20. The van der Waals surface area contributed by atoms with Crippen molar-refractivity contribution in [3.05, 3.63) is 34.9 Å². The van der Waals surface area contributed by atoms with Gasteiger partial charge in [0.25, 0.3) is 0 Å². The van der Waals surface area contributed by atoms with Gasteiger partial charge in [0.05, 0.1) is 0 Å². The summed E-state index contributed by atoms with van der Waals surface area (Å²) in [4.78, 5) is 0. The molecular weight excluding hydrogens is 218 g/mol. The molecule has 0 aliphatic rings. The van der Waals surface area contributed by atoms with Crippen molar-refractivity contribution >= 4 is 0 Å². The number of hydrogen-bond acceptors (Lipinski definition) is 1. The molecule has 2 atom stereocenters. The second kappa shape index (κ2) is 7.58. The van der Waals surface area contributed by atoms with Gasteiger partial charge in [0, 0.05) is 6.04 Å². The number of benzene rings is 1. The lowest BCUT2D eigenvalue weighted by Gasteiger charge is -2.20. The van der Waals surface area contributed by atoms with E-state index in [4.69, 9.17) is 0 Å². The van der Waals surface area contributed by atoms with Crippen molar-refractivity contribution in [1.82, 2.24) is 5.32 Å². The average Bonchev–Trinajstić information content (AvgIpc) is 2.31. The molecule has 0 saturated carbocycles. The van der Waals surface area contributed by atoms with Crippen molar-refractivity contribution in [2.45, 2.75) is 59.9 Å². The van der Waals surface area contributed by atoms with Gasteiger partial charge in [0.15, 0.2) is 0 Å². The summed E-state index contributed by atoms with van der Waals surface area (Å²) in [5.74, 6) is 0.740. The van der Waals surface area contributed by atoms with Crippen LogP contribution in [0.2, 0.25) is 0 Å². The van der Waals surface area contributed by atoms with Gasteiger partial charge in [0.1, 0.15) is 0 Å². The average molecular weight is 247 g/mol. The molecule has 18 heavy (non-hydrogen) atoms. The molecule has 0 amide bonds. The number of nitrogens with one attached hydrogen (secondary N) is 1. The van der Waals surface area contributed by atoms with Gasteiger partial charge in [-0.25, -0.2) is 0 Å². The predicted molar refractivity (Wildman–Crippen MR) is 81.2 cm³/mol. The first-order chi connectivity index (χ1) is 8.54. The Balaban J connectivity index is 2.51. The van der Waals surface area contributed by atoms with E-state index in [1.165, 1.54) is 30.4 Å². The molecule has 0 aromatic heterocycles. The van der Waals surface area contributed by atoms with Crippen molar-refractivity contribution < 1.29 is 0 Å². The zero-order valence-electron chi connectivity index (χ0n) is 12.7. The Bertz CT molecular complexity index is 336. The third-order valence-electron chi connectivity index (χ3n) is 3.70. The number of hydrogen-bond donors (Lipinski definition) is 1. The molecular formula is C17H29N. The number of rotatable bonds is 7. The van der Waals surface area contributed by atoms with E-state index in [0.29, 0.717) is 6.04 Å². The van der Waals surface area contributed by atoms with Crippen molar-refractivity contribution in [3.8, 4) is 0 Å². The first-order valence-electron chi connectivity index (χ1n) is 7.33.